The molecule has 14 heavy (non-hydrogen) atoms. The zero-order valence-corrected chi connectivity index (χ0v) is 9.27. The highest BCUT2D eigenvalue weighted by Gasteiger charge is 2.07. The smallest absolute Gasteiger partial charge is 0.138 e. The summed E-state index contributed by atoms with van der Waals surface area (Å²) in [6.45, 7) is 0. The van der Waals surface area contributed by atoms with Crippen molar-refractivity contribution in [2.75, 3.05) is 5.73 Å². The normalized spacial score (nSPS) is 10.4. The summed E-state index contributed by atoms with van der Waals surface area (Å²) < 4.78 is 15.3. The lowest BCUT2D eigenvalue weighted by molar-refractivity contribution is 0.618. The third-order valence-corrected chi connectivity index (χ3v) is 2.65. The van der Waals surface area contributed by atoms with Gasteiger partial charge in [0.25, 0.3) is 0 Å². The van der Waals surface area contributed by atoms with Gasteiger partial charge in [-0.15, -0.1) is 0 Å². The van der Waals surface area contributed by atoms with Crippen LogP contribution in [0.25, 0.3) is 5.69 Å². The number of nitrogens with two attached hydrogens (primary N) is 1. The van der Waals surface area contributed by atoms with Crippen LogP contribution in [0.3, 0.4) is 0 Å². The molecule has 2 N–H and O–H groups in total. The average molecular weight is 303 g/mol. The van der Waals surface area contributed by atoms with Crippen LogP contribution < -0.4 is 5.73 Å². The van der Waals surface area contributed by atoms with Gasteiger partial charge in [0.05, 0.1) is 14.9 Å². The fraction of sp³-hybridized carbons (Fsp3) is 0. The minimum atomic E-state index is -0.287. The van der Waals surface area contributed by atoms with Crippen LogP contribution in [-0.2, 0) is 0 Å². The topological polar surface area (TPSA) is 43.8 Å². The molecule has 0 aliphatic carbocycles. The Bertz CT molecular complexity index is 453. The molecule has 0 aliphatic heterocycles. The second-order valence-electron chi connectivity index (χ2n) is 2.78. The first-order valence-corrected chi connectivity index (χ1v) is 5.01. The Morgan fingerprint density at radius 3 is 2.86 bits per heavy atom. The molecule has 0 radical (unpaired) electrons. The third-order valence-electron chi connectivity index (χ3n) is 1.82. The fourth-order valence-corrected chi connectivity index (χ4v) is 1.65. The molecule has 0 atom stereocenters. The van der Waals surface area contributed by atoms with Crippen molar-refractivity contribution >= 4 is 28.3 Å². The largest absolute Gasteiger partial charge is 0.397 e. The van der Waals surface area contributed by atoms with Crippen LogP contribution in [-0.4, -0.2) is 9.78 Å². The van der Waals surface area contributed by atoms with Crippen molar-refractivity contribution in [3.63, 3.8) is 0 Å². The molecule has 5 heteroatoms. The molecule has 0 unspecified atom stereocenters. The zero-order valence-electron chi connectivity index (χ0n) is 7.11. The maximum Gasteiger partial charge on any atom is 0.138 e. The molecule has 1 aromatic heterocycles. The van der Waals surface area contributed by atoms with Gasteiger partial charge in [0, 0.05) is 18.5 Å². The van der Waals surface area contributed by atoms with Gasteiger partial charge in [-0.05, 0) is 34.7 Å². The van der Waals surface area contributed by atoms with Crippen LogP contribution >= 0.6 is 22.6 Å². The Hall–Kier alpha value is -1.11. The van der Waals surface area contributed by atoms with Gasteiger partial charge in [-0.2, -0.15) is 5.10 Å². The van der Waals surface area contributed by atoms with Crippen molar-refractivity contribution < 1.29 is 4.39 Å². The van der Waals surface area contributed by atoms with E-state index in [2.05, 4.69) is 5.10 Å². The first-order valence-electron chi connectivity index (χ1n) is 3.93. The van der Waals surface area contributed by atoms with Gasteiger partial charge >= 0.3 is 0 Å². The average Bonchev–Trinajstić information content (AvgIpc) is 2.64. The van der Waals surface area contributed by atoms with Crippen LogP contribution in [0.4, 0.5) is 10.1 Å². The fourth-order valence-electron chi connectivity index (χ4n) is 1.16. The van der Waals surface area contributed by atoms with E-state index in [0.717, 1.165) is 0 Å². The van der Waals surface area contributed by atoms with Crippen molar-refractivity contribution in [1.82, 2.24) is 9.78 Å². The van der Waals surface area contributed by atoms with E-state index in [1.54, 1.807) is 24.5 Å². The van der Waals surface area contributed by atoms with E-state index < -0.39 is 0 Å². The Morgan fingerprint density at radius 1 is 1.43 bits per heavy atom. The van der Waals surface area contributed by atoms with Gasteiger partial charge in [-0.25, -0.2) is 9.07 Å². The molecule has 0 fully saturated rings. The minimum absolute atomic E-state index is 0.287. The number of halogens is 2. The summed E-state index contributed by atoms with van der Waals surface area (Å²) >= 11 is 1.90. The lowest BCUT2D eigenvalue weighted by atomic mass is 10.2. The van der Waals surface area contributed by atoms with Crippen molar-refractivity contribution in [2.24, 2.45) is 0 Å². The maximum atomic E-state index is 13.2. The standard InChI is InChI=1S/C9H7FIN3/c10-6-4-9(8(12)5-7(6)11)14-3-1-2-13-14/h1-5H,12H2. The molecule has 72 valence electrons. The molecule has 0 saturated carbocycles. The van der Waals surface area contributed by atoms with Crippen molar-refractivity contribution in [2.45, 2.75) is 0 Å². The van der Waals surface area contributed by atoms with E-state index >= 15 is 0 Å². The molecule has 1 heterocycles. The summed E-state index contributed by atoms with van der Waals surface area (Å²) in [6.07, 6.45) is 3.34. The lowest BCUT2D eigenvalue weighted by Crippen LogP contribution is -2.02. The van der Waals surface area contributed by atoms with Gasteiger partial charge in [0.15, 0.2) is 0 Å². The summed E-state index contributed by atoms with van der Waals surface area (Å²) in [7, 11) is 0. The predicted octanol–water partition coefficient (Wildman–Crippen LogP) is 2.20. The molecule has 3 nitrogen and oxygen atoms in total. The van der Waals surface area contributed by atoms with E-state index in [1.807, 2.05) is 22.6 Å². The lowest BCUT2D eigenvalue weighted by Gasteiger charge is -2.06. The molecule has 0 bridgehead atoms. The molecular weight excluding hydrogens is 296 g/mol. The van der Waals surface area contributed by atoms with Gasteiger partial charge in [-0.1, -0.05) is 0 Å². The maximum absolute atomic E-state index is 13.2. The first kappa shape index (κ1) is 9.45. The van der Waals surface area contributed by atoms with Crippen molar-refractivity contribution in [3.05, 3.63) is 40.0 Å². The van der Waals surface area contributed by atoms with Crippen molar-refractivity contribution in [1.29, 1.82) is 0 Å². The number of nitrogen functional groups attached to an aromatic ring is 1. The summed E-state index contributed by atoms with van der Waals surface area (Å²) in [5, 5.41) is 3.99. The van der Waals surface area contributed by atoms with Crippen LogP contribution in [0, 0.1) is 9.39 Å². The number of benzene rings is 1. The highest BCUT2D eigenvalue weighted by molar-refractivity contribution is 14.1. The SMILES string of the molecule is Nc1cc(I)c(F)cc1-n1cccn1. The summed E-state index contributed by atoms with van der Waals surface area (Å²) in [4.78, 5) is 0. The second kappa shape index (κ2) is 3.56. The van der Waals surface area contributed by atoms with E-state index in [0.29, 0.717) is 14.9 Å². The van der Waals surface area contributed by atoms with Gasteiger partial charge < -0.3 is 5.73 Å². The molecule has 0 spiro atoms. The summed E-state index contributed by atoms with van der Waals surface area (Å²) in [5.41, 5.74) is 6.83. The second-order valence-corrected chi connectivity index (χ2v) is 3.94. The predicted molar refractivity (Wildman–Crippen MR) is 60.7 cm³/mol. The molecule has 2 aromatic rings. The monoisotopic (exact) mass is 303 g/mol. The highest BCUT2D eigenvalue weighted by atomic mass is 127. The first-order chi connectivity index (χ1) is 6.68. The summed E-state index contributed by atoms with van der Waals surface area (Å²) in [5.74, 6) is -0.287. The number of nitrogens with zero attached hydrogens (tertiary/aromatic N) is 2. The van der Waals surface area contributed by atoms with Gasteiger partial charge in [-0.3, -0.25) is 0 Å². The Morgan fingerprint density at radius 2 is 2.21 bits per heavy atom. The Labute approximate surface area is 93.9 Å². The highest BCUT2D eigenvalue weighted by Crippen LogP contribution is 2.22. The van der Waals surface area contributed by atoms with Gasteiger partial charge in [0.2, 0.25) is 0 Å². The Balaban J connectivity index is 2.60. The molecule has 2 rings (SSSR count). The third kappa shape index (κ3) is 1.59. The molecule has 0 amide bonds. The zero-order chi connectivity index (χ0) is 10.1. The van der Waals surface area contributed by atoms with Gasteiger partial charge in [0.1, 0.15) is 5.82 Å². The number of hydrogen-bond donors (Lipinski definition) is 1. The molecular formula is C9H7FIN3. The molecule has 0 aliphatic rings. The van der Waals surface area contributed by atoms with Crippen LogP contribution in [0.15, 0.2) is 30.6 Å². The van der Waals surface area contributed by atoms with Crippen LogP contribution in [0.1, 0.15) is 0 Å². The number of anilines is 1. The number of aromatic nitrogens is 2. The van der Waals surface area contributed by atoms with E-state index in [4.69, 9.17) is 5.73 Å². The minimum Gasteiger partial charge on any atom is -0.397 e. The quantitative estimate of drug-likeness (QED) is 0.648. The van der Waals surface area contributed by atoms with E-state index in [1.165, 1.54) is 10.7 Å². The molecule has 0 saturated heterocycles. The van der Waals surface area contributed by atoms with E-state index in [9.17, 15) is 4.39 Å². The number of rotatable bonds is 1. The van der Waals surface area contributed by atoms with E-state index in [-0.39, 0.29) is 5.82 Å². The number of hydrogen-bond acceptors (Lipinski definition) is 2. The van der Waals surface area contributed by atoms with Crippen LogP contribution in [0.2, 0.25) is 0 Å². The molecule has 1 aromatic carbocycles. The van der Waals surface area contributed by atoms with Crippen LogP contribution in [0.5, 0.6) is 0 Å². The summed E-state index contributed by atoms with van der Waals surface area (Å²) in [6, 6.07) is 4.73. The Kier molecular flexibility index (Phi) is 2.40. The van der Waals surface area contributed by atoms with Crippen molar-refractivity contribution in [3.8, 4) is 5.69 Å².